The number of quaternary nitrogens is 2. The van der Waals surface area contributed by atoms with Gasteiger partial charge in [0.25, 0.3) is 0 Å². The number of rotatable bonds is 2. The fraction of sp³-hybridized carbons (Fsp3) is 0.562. The number of hydrogen-bond donors (Lipinski definition) is 4. The van der Waals surface area contributed by atoms with Crippen LogP contribution in [0.3, 0.4) is 0 Å². The summed E-state index contributed by atoms with van der Waals surface area (Å²) in [5.41, 5.74) is 2.25. The van der Waals surface area contributed by atoms with Gasteiger partial charge in [-0.2, -0.15) is 0 Å². The predicted molar refractivity (Wildman–Crippen MR) is 78.1 cm³/mol. The first kappa shape index (κ1) is 13.1. The van der Waals surface area contributed by atoms with Gasteiger partial charge in [-0.25, -0.2) is 0 Å². The van der Waals surface area contributed by atoms with Gasteiger partial charge in [0.2, 0.25) is 0 Å². The number of benzene rings is 1. The molecule has 4 bridgehead atoms. The van der Waals surface area contributed by atoms with Crippen molar-refractivity contribution in [3.63, 3.8) is 0 Å². The first-order valence-electron chi connectivity index (χ1n) is 7.86. The second kappa shape index (κ2) is 4.71. The van der Waals surface area contributed by atoms with Crippen LogP contribution >= 0.6 is 0 Å². The predicted octanol–water partition coefficient (Wildman–Crippen LogP) is -1.82. The van der Waals surface area contributed by atoms with Crippen LogP contribution < -0.4 is 9.80 Å². The molecule has 2 unspecified atom stereocenters. The zero-order valence-electron chi connectivity index (χ0n) is 12.2. The van der Waals surface area contributed by atoms with Crippen molar-refractivity contribution >= 4 is 5.71 Å². The SMILES string of the molecule is O/N=C1\C2C[NH+]3CC[NH+](C2)CC1(Cc1ccc(O)cc1)C3. The van der Waals surface area contributed by atoms with Crippen LogP contribution in [0.1, 0.15) is 5.56 Å². The summed E-state index contributed by atoms with van der Waals surface area (Å²) in [6.07, 6.45) is 0.913. The number of phenols is 1. The zero-order valence-corrected chi connectivity index (χ0v) is 12.2. The molecule has 0 spiro atoms. The van der Waals surface area contributed by atoms with Crippen LogP contribution in [0.4, 0.5) is 0 Å². The summed E-state index contributed by atoms with van der Waals surface area (Å²) in [6.45, 7) is 6.88. The normalized spacial score (nSPS) is 39.6. The number of oxime groups is 1. The highest BCUT2D eigenvalue weighted by Gasteiger charge is 2.57. The molecular formula is C16H23N3O2+2. The van der Waals surface area contributed by atoms with Crippen molar-refractivity contribution in [3.8, 4) is 5.75 Å². The molecule has 2 atom stereocenters. The van der Waals surface area contributed by atoms with Crippen molar-refractivity contribution in [3.05, 3.63) is 29.8 Å². The third-order valence-electron chi connectivity index (χ3n) is 5.60. The smallest absolute Gasteiger partial charge is 0.127 e. The molecule has 21 heavy (non-hydrogen) atoms. The molecule has 4 saturated heterocycles. The Morgan fingerprint density at radius 2 is 1.71 bits per heavy atom. The lowest BCUT2D eigenvalue weighted by Crippen LogP contribution is -3.17. The van der Waals surface area contributed by atoms with Crippen molar-refractivity contribution in [2.45, 2.75) is 6.42 Å². The number of nitrogens with zero attached hydrogens (tertiary/aromatic N) is 1. The first-order valence-corrected chi connectivity index (χ1v) is 7.86. The van der Waals surface area contributed by atoms with Crippen molar-refractivity contribution in [1.82, 2.24) is 0 Å². The Kier molecular flexibility index (Phi) is 2.94. The van der Waals surface area contributed by atoms with E-state index in [0.29, 0.717) is 11.7 Å². The highest BCUT2D eigenvalue weighted by atomic mass is 16.4. The van der Waals surface area contributed by atoms with Crippen LogP contribution in [0.25, 0.3) is 0 Å². The van der Waals surface area contributed by atoms with Crippen molar-refractivity contribution in [1.29, 1.82) is 0 Å². The number of piperidine rings is 2. The van der Waals surface area contributed by atoms with Gasteiger partial charge in [-0.15, -0.1) is 0 Å². The van der Waals surface area contributed by atoms with Crippen LogP contribution in [0, 0.1) is 11.3 Å². The lowest BCUT2D eigenvalue weighted by atomic mass is 9.67. The van der Waals surface area contributed by atoms with Crippen LogP contribution in [-0.4, -0.2) is 55.3 Å². The van der Waals surface area contributed by atoms with Crippen molar-refractivity contribution in [2.75, 3.05) is 39.3 Å². The zero-order chi connectivity index (χ0) is 14.4. The Morgan fingerprint density at radius 1 is 1.10 bits per heavy atom. The average molecular weight is 289 g/mol. The summed E-state index contributed by atoms with van der Waals surface area (Å²) >= 11 is 0. The van der Waals surface area contributed by atoms with Gasteiger partial charge in [-0.3, -0.25) is 0 Å². The largest absolute Gasteiger partial charge is 0.508 e. The van der Waals surface area contributed by atoms with E-state index >= 15 is 0 Å². The molecule has 1 aromatic carbocycles. The average Bonchev–Trinajstić information content (AvgIpc) is 2.69. The lowest BCUT2D eigenvalue weighted by Gasteiger charge is -2.45. The van der Waals surface area contributed by atoms with Crippen LogP contribution in [0.5, 0.6) is 5.75 Å². The van der Waals surface area contributed by atoms with E-state index in [-0.39, 0.29) is 5.41 Å². The quantitative estimate of drug-likeness (QED) is 0.383. The van der Waals surface area contributed by atoms with E-state index in [0.717, 1.165) is 38.3 Å². The van der Waals surface area contributed by atoms with Crippen molar-refractivity contribution in [2.24, 2.45) is 16.5 Å². The number of nitrogens with one attached hydrogen (secondary N) is 2. The summed E-state index contributed by atoms with van der Waals surface area (Å²) in [6, 6.07) is 7.49. The molecule has 4 aliphatic rings. The lowest BCUT2D eigenvalue weighted by molar-refractivity contribution is -0.918. The summed E-state index contributed by atoms with van der Waals surface area (Å²) in [4.78, 5) is 3.33. The maximum atomic E-state index is 9.61. The minimum Gasteiger partial charge on any atom is -0.508 e. The highest BCUT2D eigenvalue weighted by molar-refractivity contribution is 5.93. The molecule has 0 radical (unpaired) electrons. The molecule has 4 N–H and O–H groups in total. The molecule has 4 fully saturated rings. The summed E-state index contributed by atoms with van der Waals surface area (Å²) < 4.78 is 0. The van der Waals surface area contributed by atoms with Gasteiger partial charge in [-0.05, 0) is 24.1 Å². The second-order valence-corrected chi connectivity index (χ2v) is 7.07. The number of aromatic hydroxyl groups is 1. The van der Waals surface area contributed by atoms with Gasteiger partial charge in [-0.1, -0.05) is 17.3 Å². The molecule has 4 heterocycles. The topological polar surface area (TPSA) is 61.7 Å². The molecule has 0 aliphatic carbocycles. The van der Waals surface area contributed by atoms with Gasteiger partial charge in [0.1, 0.15) is 24.3 Å². The van der Waals surface area contributed by atoms with Gasteiger partial charge >= 0.3 is 0 Å². The molecular weight excluding hydrogens is 266 g/mol. The Labute approximate surface area is 124 Å². The van der Waals surface area contributed by atoms with E-state index < -0.39 is 0 Å². The molecule has 0 saturated carbocycles. The third kappa shape index (κ3) is 2.12. The van der Waals surface area contributed by atoms with E-state index in [2.05, 4.69) is 5.16 Å². The van der Waals surface area contributed by atoms with E-state index in [1.165, 1.54) is 18.7 Å². The van der Waals surface area contributed by atoms with Crippen LogP contribution in [0.15, 0.2) is 29.4 Å². The maximum Gasteiger partial charge on any atom is 0.127 e. The van der Waals surface area contributed by atoms with E-state index in [4.69, 9.17) is 0 Å². The summed E-state index contributed by atoms with van der Waals surface area (Å²) in [5.74, 6) is 0.739. The van der Waals surface area contributed by atoms with Crippen LogP contribution in [-0.2, 0) is 6.42 Å². The number of fused-ring (bicyclic) bond motifs is 1. The van der Waals surface area contributed by atoms with E-state index in [1.54, 1.807) is 21.9 Å². The van der Waals surface area contributed by atoms with Crippen LogP contribution in [0.2, 0.25) is 0 Å². The Hall–Kier alpha value is -1.59. The van der Waals surface area contributed by atoms with Crippen molar-refractivity contribution < 1.29 is 20.1 Å². The Balaban J connectivity index is 1.71. The number of hydrogen-bond acceptors (Lipinski definition) is 3. The minimum absolute atomic E-state index is 0.00590. The molecule has 5 rings (SSSR count). The molecule has 1 aromatic rings. The van der Waals surface area contributed by atoms with Gasteiger partial charge in [0.05, 0.1) is 37.8 Å². The molecule has 0 amide bonds. The fourth-order valence-electron chi connectivity index (χ4n) is 4.88. The molecule has 5 heteroatoms. The van der Waals surface area contributed by atoms with E-state index in [9.17, 15) is 10.3 Å². The maximum absolute atomic E-state index is 9.61. The van der Waals surface area contributed by atoms with Gasteiger partial charge in [0, 0.05) is 0 Å². The third-order valence-corrected chi connectivity index (χ3v) is 5.60. The summed E-state index contributed by atoms with van der Waals surface area (Å²) in [5, 5.41) is 22.8. The van der Waals surface area contributed by atoms with Gasteiger partial charge < -0.3 is 20.1 Å². The second-order valence-electron chi connectivity index (χ2n) is 7.07. The molecule has 4 aliphatic heterocycles. The molecule has 0 aromatic heterocycles. The fourth-order valence-corrected chi connectivity index (χ4v) is 4.88. The van der Waals surface area contributed by atoms with Gasteiger partial charge in [0.15, 0.2) is 0 Å². The standard InChI is InChI=1S/C16H21N3O2/c20-14-3-1-12(2-4-14)7-16-10-18-5-6-19(11-16)9-13(8-18)15(16)17-21/h1-4,13,20-21H,5-11H2/p+2/b17-15+. The first-order chi connectivity index (χ1) is 10.2. The highest BCUT2D eigenvalue weighted by Crippen LogP contribution is 2.31. The molecule has 5 nitrogen and oxygen atoms in total. The Morgan fingerprint density at radius 3 is 2.29 bits per heavy atom. The molecule has 112 valence electrons. The summed E-state index contributed by atoms with van der Waals surface area (Å²) in [7, 11) is 0. The number of phenolic OH excluding ortho intramolecular Hbond substituents is 1. The monoisotopic (exact) mass is 289 g/mol. The Bertz CT molecular complexity index is 553. The minimum atomic E-state index is -0.00590. The van der Waals surface area contributed by atoms with E-state index in [1.807, 2.05) is 12.1 Å².